The molecule has 2 rings (SSSR count). The van der Waals surface area contributed by atoms with E-state index in [9.17, 15) is 23.1 Å². The lowest BCUT2D eigenvalue weighted by Gasteiger charge is -2.49. The van der Waals surface area contributed by atoms with Gasteiger partial charge in [0.25, 0.3) is 5.91 Å². The summed E-state index contributed by atoms with van der Waals surface area (Å²) >= 11 is 0. The number of rotatable bonds is 2. The summed E-state index contributed by atoms with van der Waals surface area (Å²) in [6.07, 6.45) is -3.03. The third kappa shape index (κ3) is 1.91. The number of aliphatic hydroxyl groups is 1. The summed E-state index contributed by atoms with van der Waals surface area (Å²) in [6.45, 7) is 0.572. The lowest BCUT2D eigenvalue weighted by atomic mass is 9.86. The molecule has 7 heteroatoms. The van der Waals surface area contributed by atoms with E-state index in [0.29, 0.717) is 6.92 Å². The van der Waals surface area contributed by atoms with Crippen LogP contribution in [0, 0.1) is 5.92 Å². The molecule has 4 nitrogen and oxygen atoms in total. The highest BCUT2D eigenvalue weighted by atomic mass is 19.4. The quantitative estimate of drug-likeness (QED) is 0.740. The smallest absolute Gasteiger partial charge is 0.386 e. The van der Waals surface area contributed by atoms with Crippen LogP contribution in [0.15, 0.2) is 0 Å². The molecule has 2 aliphatic rings. The molecule has 1 unspecified atom stereocenters. The zero-order valence-corrected chi connectivity index (χ0v) is 9.42. The zero-order chi connectivity index (χ0) is 13.1. The summed E-state index contributed by atoms with van der Waals surface area (Å²) in [4.78, 5) is 12.6. The number of alkyl halides is 3. The third-order valence-corrected chi connectivity index (χ3v) is 3.59. The van der Waals surface area contributed by atoms with E-state index in [1.165, 1.54) is 0 Å². The maximum atomic E-state index is 12.5. The van der Waals surface area contributed by atoms with E-state index in [4.69, 9.17) is 5.73 Å². The van der Waals surface area contributed by atoms with Crippen LogP contribution in [0.2, 0.25) is 0 Å². The van der Waals surface area contributed by atoms with Gasteiger partial charge in [0.15, 0.2) is 5.54 Å². The monoisotopic (exact) mass is 252 g/mol. The summed E-state index contributed by atoms with van der Waals surface area (Å²) in [7, 11) is 0. The Morgan fingerprint density at radius 1 is 1.41 bits per heavy atom. The van der Waals surface area contributed by atoms with Gasteiger partial charge in [0.1, 0.15) is 5.60 Å². The van der Waals surface area contributed by atoms with Gasteiger partial charge in [-0.1, -0.05) is 0 Å². The van der Waals surface area contributed by atoms with Crippen LogP contribution >= 0.6 is 0 Å². The lowest BCUT2D eigenvalue weighted by molar-refractivity contribution is -0.205. The Labute approximate surface area is 96.6 Å². The molecule has 0 bridgehead atoms. The van der Waals surface area contributed by atoms with Crippen LogP contribution in [-0.2, 0) is 4.79 Å². The summed E-state index contributed by atoms with van der Waals surface area (Å²) in [5.41, 5.74) is 1.16. The Hall–Kier alpha value is -0.820. The highest BCUT2D eigenvalue weighted by Crippen LogP contribution is 2.45. The van der Waals surface area contributed by atoms with Crippen LogP contribution in [0.5, 0.6) is 0 Å². The highest BCUT2D eigenvalue weighted by Gasteiger charge is 2.60. The number of nitrogens with zero attached hydrogens (tertiary/aromatic N) is 1. The molecule has 1 aliphatic heterocycles. The van der Waals surface area contributed by atoms with Gasteiger partial charge in [-0.15, -0.1) is 0 Å². The maximum Gasteiger partial charge on any atom is 0.415 e. The number of amides is 1. The average molecular weight is 252 g/mol. The van der Waals surface area contributed by atoms with Crippen molar-refractivity contribution in [1.29, 1.82) is 0 Å². The molecular weight excluding hydrogens is 237 g/mol. The van der Waals surface area contributed by atoms with Crippen molar-refractivity contribution in [2.75, 3.05) is 13.1 Å². The predicted octanol–water partition coefficient (Wildman–Crippen LogP) is 0.249. The fraction of sp³-hybridized carbons (Fsp3) is 0.900. The molecule has 0 radical (unpaired) electrons. The first-order valence-electron chi connectivity index (χ1n) is 5.45. The highest BCUT2D eigenvalue weighted by molar-refractivity contribution is 5.87. The second-order valence-electron chi connectivity index (χ2n) is 5.24. The van der Waals surface area contributed by atoms with Gasteiger partial charge in [-0.05, 0) is 25.7 Å². The Morgan fingerprint density at radius 3 is 2.24 bits per heavy atom. The molecule has 1 amide bonds. The number of carbonyl (C=O) groups excluding carboxylic acids is 1. The van der Waals surface area contributed by atoms with E-state index in [1.807, 2.05) is 0 Å². The fourth-order valence-corrected chi connectivity index (χ4v) is 2.09. The number of halogens is 3. The minimum absolute atomic E-state index is 0.0423. The van der Waals surface area contributed by atoms with Crippen molar-refractivity contribution in [2.24, 2.45) is 11.7 Å². The SMILES string of the molecule is CC(N)(C(=O)N1CC(O)(C2CC2)C1)C(F)(F)F. The van der Waals surface area contributed by atoms with Gasteiger partial charge in [-0.25, -0.2) is 0 Å². The van der Waals surface area contributed by atoms with Crippen molar-refractivity contribution >= 4 is 5.91 Å². The minimum atomic E-state index is -4.78. The van der Waals surface area contributed by atoms with Gasteiger partial charge >= 0.3 is 6.18 Å². The van der Waals surface area contributed by atoms with Crippen LogP contribution in [-0.4, -0.2) is 46.3 Å². The second kappa shape index (κ2) is 3.35. The summed E-state index contributed by atoms with van der Waals surface area (Å²) in [6, 6.07) is 0. The first kappa shape index (κ1) is 12.6. The molecule has 0 spiro atoms. The molecule has 17 heavy (non-hydrogen) atoms. The largest absolute Gasteiger partial charge is 0.415 e. The van der Waals surface area contributed by atoms with Crippen molar-refractivity contribution < 1.29 is 23.1 Å². The van der Waals surface area contributed by atoms with Crippen molar-refractivity contribution in [3.05, 3.63) is 0 Å². The van der Waals surface area contributed by atoms with Gasteiger partial charge in [-0.3, -0.25) is 4.79 Å². The van der Waals surface area contributed by atoms with E-state index >= 15 is 0 Å². The molecule has 1 saturated carbocycles. The van der Waals surface area contributed by atoms with E-state index in [2.05, 4.69) is 0 Å². The molecule has 1 saturated heterocycles. The van der Waals surface area contributed by atoms with Crippen molar-refractivity contribution in [3.8, 4) is 0 Å². The van der Waals surface area contributed by atoms with E-state index in [0.717, 1.165) is 17.7 Å². The molecule has 98 valence electrons. The van der Waals surface area contributed by atoms with Crippen LogP contribution in [0.4, 0.5) is 13.2 Å². The van der Waals surface area contributed by atoms with Crippen LogP contribution in [0.25, 0.3) is 0 Å². The van der Waals surface area contributed by atoms with Crippen LogP contribution in [0.3, 0.4) is 0 Å². The fourth-order valence-electron chi connectivity index (χ4n) is 2.09. The third-order valence-electron chi connectivity index (χ3n) is 3.59. The van der Waals surface area contributed by atoms with Gasteiger partial charge < -0.3 is 15.7 Å². The number of likely N-dealkylation sites (tertiary alicyclic amines) is 1. The van der Waals surface area contributed by atoms with Crippen molar-refractivity contribution in [3.63, 3.8) is 0 Å². The molecule has 2 fully saturated rings. The Balaban J connectivity index is 1.99. The normalized spacial score (nSPS) is 27.3. The predicted molar refractivity (Wildman–Crippen MR) is 52.9 cm³/mol. The molecule has 0 aromatic heterocycles. The number of nitrogens with two attached hydrogens (primary N) is 1. The first-order valence-corrected chi connectivity index (χ1v) is 5.45. The number of β-amino-alcohol motifs (C(OH)–C–C–N with tert-alkyl or cyclic N) is 1. The summed E-state index contributed by atoms with van der Waals surface area (Å²) in [5.74, 6) is -1.04. The van der Waals surface area contributed by atoms with Gasteiger partial charge in [0.05, 0.1) is 13.1 Å². The van der Waals surface area contributed by atoms with Gasteiger partial charge in [0, 0.05) is 0 Å². The van der Waals surface area contributed by atoms with Crippen LogP contribution < -0.4 is 5.73 Å². The van der Waals surface area contributed by atoms with E-state index in [1.54, 1.807) is 0 Å². The van der Waals surface area contributed by atoms with Crippen molar-refractivity contribution in [2.45, 2.75) is 37.1 Å². The molecular formula is C10H15F3N2O2. The lowest BCUT2D eigenvalue weighted by Crippen LogP contribution is -2.72. The molecule has 0 aromatic carbocycles. The van der Waals surface area contributed by atoms with Gasteiger partial charge in [-0.2, -0.15) is 13.2 Å². The van der Waals surface area contributed by atoms with E-state index in [-0.39, 0.29) is 19.0 Å². The maximum absolute atomic E-state index is 12.5. The first-order chi connectivity index (χ1) is 7.58. The Kier molecular flexibility index (Phi) is 2.49. The zero-order valence-electron chi connectivity index (χ0n) is 9.42. The van der Waals surface area contributed by atoms with E-state index < -0.39 is 23.2 Å². The van der Waals surface area contributed by atoms with Crippen molar-refractivity contribution in [1.82, 2.24) is 4.90 Å². The Bertz CT molecular complexity index is 344. The molecule has 0 aromatic rings. The molecule has 1 heterocycles. The summed E-state index contributed by atoms with van der Waals surface area (Å²) < 4.78 is 37.6. The Morgan fingerprint density at radius 2 is 1.88 bits per heavy atom. The molecule has 3 N–H and O–H groups in total. The minimum Gasteiger partial charge on any atom is -0.386 e. The molecule has 1 aliphatic carbocycles. The number of hydrogen-bond donors (Lipinski definition) is 2. The second-order valence-corrected chi connectivity index (χ2v) is 5.24. The number of hydrogen-bond acceptors (Lipinski definition) is 3. The molecule has 1 atom stereocenters. The number of carbonyl (C=O) groups is 1. The average Bonchev–Trinajstić information content (AvgIpc) is 2.92. The van der Waals surface area contributed by atoms with Gasteiger partial charge in [0.2, 0.25) is 0 Å². The topological polar surface area (TPSA) is 66.6 Å². The summed E-state index contributed by atoms with van der Waals surface area (Å²) in [5, 5.41) is 9.92. The van der Waals surface area contributed by atoms with Crippen LogP contribution in [0.1, 0.15) is 19.8 Å². The standard InChI is InChI=1S/C10H15F3N2O2/c1-8(14,10(11,12)13)7(16)15-4-9(17,5-15)6-2-3-6/h6,17H,2-5,14H2,1H3.